The number of aromatic nitrogens is 3. The first kappa shape index (κ1) is 8.91. The molecular weight excluding hydrogens is 208 g/mol. The van der Waals surface area contributed by atoms with E-state index in [1.54, 1.807) is 17.5 Å². The van der Waals surface area contributed by atoms with Crippen molar-refractivity contribution in [2.75, 3.05) is 5.32 Å². The van der Waals surface area contributed by atoms with Gasteiger partial charge in [-0.1, -0.05) is 0 Å². The minimum Gasteiger partial charge on any atom is -0.366 e. The highest BCUT2D eigenvalue weighted by atomic mass is 32.1. The van der Waals surface area contributed by atoms with Crippen molar-refractivity contribution >= 4 is 17.2 Å². The average molecular weight is 220 g/mol. The highest BCUT2D eigenvalue weighted by Gasteiger charge is 2.17. The molecule has 1 aliphatic rings. The van der Waals surface area contributed by atoms with Gasteiger partial charge in [0.1, 0.15) is 5.82 Å². The molecule has 1 aliphatic carbocycles. The zero-order valence-electron chi connectivity index (χ0n) is 8.26. The van der Waals surface area contributed by atoms with Crippen LogP contribution in [-0.4, -0.2) is 20.8 Å². The second-order valence-corrected chi connectivity index (χ2v) is 4.61. The van der Waals surface area contributed by atoms with Crippen LogP contribution in [0.5, 0.6) is 0 Å². The number of rotatable bonds is 3. The van der Waals surface area contributed by atoms with Crippen molar-refractivity contribution in [2.45, 2.75) is 25.3 Å². The molecule has 0 aromatic carbocycles. The predicted molar refractivity (Wildman–Crippen MR) is 60.5 cm³/mol. The topological polar surface area (TPSA) is 42.7 Å². The summed E-state index contributed by atoms with van der Waals surface area (Å²) < 4.78 is 1.81. The van der Waals surface area contributed by atoms with Crippen LogP contribution in [0.25, 0.3) is 5.13 Å². The number of anilines is 1. The molecule has 0 radical (unpaired) electrons. The van der Waals surface area contributed by atoms with Gasteiger partial charge < -0.3 is 5.32 Å². The summed E-state index contributed by atoms with van der Waals surface area (Å²) in [4.78, 5) is 4.20. The highest BCUT2D eigenvalue weighted by molar-refractivity contribution is 7.12. The second kappa shape index (κ2) is 3.66. The van der Waals surface area contributed by atoms with Crippen molar-refractivity contribution in [3.8, 4) is 5.13 Å². The van der Waals surface area contributed by atoms with Crippen molar-refractivity contribution in [1.29, 1.82) is 0 Å². The molecule has 2 aromatic heterocycles. The summed E-state index contributed by atoms with van der Waals surface area (Å²) in [5.41, 5.74) is 0. The maximum absolute atomic E-state index is 4.43. The smallest absolute Gasteiger partial charge is 0.210 e. The maximum atomic E-state index is 4.43. The lowest BCUT2D eigenvalue weighted by molar-refractivity contribution is 0.444. The van der Waals surface area contributed by atoms with Crippen LogP contribution in [0, 0.1) is 0 Å². The van der Waals surface area contributed by atoms with Crippen molar-refractivity contribution in [2.24, 2.45) is 0 Å². The number of hydrogen-bond acceptors (Lipinski definition) is 4. The Bertz CT molecular complexity index is 430. The molecule has 0 unspecified atom stereocenters. The van der Waals surface area contributed by atoms with Gasteiger partial charge in [0.15, 0.2) is 0 Å². The van der Waals surface area contributed by atoms with Gasteiger partial charge >= 0.3 is 0 Å². The average Bonchev–Trinajstić information content (AvgIpc) is 2.82. The molecule has 5 heteroatoms. The molecule has 0 saturated heterocycles. The first-order valence-electron chi connectivity index (χ1n) is 5.14. The van der Waals surface area contributed by atoms with E-state index < -0.39 is 0 Å². The number of thiazole rings is 1. The van der Waals surface area contributed by atoms with Gasteiger partial charge in [0, 0.05) is 29.9 Å². The summed E-state index contributed by atoms with van der Waals surface area (Å²) >= 11 is 1.59. The van der Waals surface area contributed by atoms with Crippen LogP contribution < -0.4 is 5.32 Å². The molecule has 1 saturated carbocycles. The van der Waals surface area contributed by atoms with Crippen LogP contribution in [0.2, 0.25) is 0 Å². The Hall–Kier alpha value is -1.36. The molecule has 1 N–H and O–H groups in total. The molecule has 0 aliphatic heterocycles. The molecule has 0 spiro atoms. The number of nitrogens with zero attached hydrogens (tertiary/aromatic N) is 3. The molecule has 2 heterocycles. The van der Waals surface area contributed by atoms with Gasteiger partial charge in [-0.05, 0) is 19.3 Å². The Morgan fingerprint density at radius 3 is 3.07 bits per heavy atom. The summed E-state index contributed by atoms with van der Waals surface area (Å²) in [6.45, 7) is 0. The minimum absolute atomic E-state index is 0.629. The summed E-state index contributed by atoms with van der Waals surface area (Å²) in [6, 6.07) is 2.63. The lowest BCUT2D eigenvalue weighted by Gasteiger charge is -2.26. The van der Waals surface area contributed by atoms with Gasteiger partial charge in [0.2, 0.25) is 5.13 Å². The SMILES string of the molecule is c1csc(-n2ccc(NC3CCC3)n2)n1. The van der Waals surface area contributed by atoms with Crippen LogP contribution in [0.15, 0.2) is 23.8 Å². The quantitative estimate of drug-likeness (QED) is 0.863. The molecule has 78 valence electrons. The van der Waals surface area contributed by atoms with Gasteiger partial charge in [-0.15, -0.1) is 16.4 Å². The largest absolute Gasteiger partial charge is 0.366 e. The highest BCUT2D eigenvalue weighted by Crippen LogP contribution is 2.22. The van der Waals surface area contributed by atoms with E-state index in [2.05, 4.69) is 15.4 Å². The summed E-state index contributed by atoms with van der Waals surface area (Å²) in [5, 5.41) is 10.7. The second-order valence-electron chi connectivity index (χ2n) is 3.73. The predicted octanol–water partition coefficient (Wildman–Crippen LogP) is 2.29. The third kappa shape index (κ3) is 1.74. The molecule has 0 atom stereocenters. The fraction of sp³-hybridized carbons (Fsp3) is 0.400. The van der Waals surface area contributed by atoms with Gasteiger partial charge in [-0.2, -0.15) is 0 Å². The van der Waals surface area contributed by atoms with Gasteiger partial charge in [-0.25, -0.2) is 9.67 Å². The van der Waals surface area contributed by atoms with Crippen molar-refractivity contribution in [1.82, 2.24) is 14.8 Å². The Morgan fingerprint density at radius 1 is 1.47 bits per heavy atom. The van der Waals surface area contributed by atoms with Crippen LogP contribution in [0.1, 0.15) is 19.3 Å². The van der Waals surface area contributed by atoms with Crippen LogP contribution in [-0.2, 0) is 0 Å². The van der Waals surface area contributed by atoms with Crippen LogP contribution in [0.3, 0.4) is 0 Å². The third-order valence-electron chi connectivity index (χ3n) is 2.66. The Balaban J connectivity index is 1.75. The van der Waals surface area contributed by atoms with Gasteiger partial charge in [-0.3, -0.25) is 0 Å². The van der Waals surface area contributed by atoms with Crippen LogP contribution >= 0.6 is 11.3 Å². The van der Waals surface area contributed by atoms with E-state index in [9.17, 15) is 0 Å². The van der Waals surface area contributed by atoms with E-state index in [0.29, 0.717) is 6.04 Å². The summed E-state index contributed by atoms with van der Waals surface area (Å²) in [6.07, 6.45) is 7.61. The first-order valence-corrected chi connectivity index (χ1v) is 6.02. The zero-order valence-corrected chi connectivity index (χ0v) is 9.07. The molecule has 2 aromatic rings. The van der Waals surface area contributed by atoms with E-state index in [1.165, 1.54) is 19.3 Å². The van der Waals surface area contributed by atoms with Gasteiger partial charge in [0.25, 0.3) is 0 Å². The van der Waals surface area contributed by atoms with Gasteiger partial charge in [0.05, 0.1) is 0 Å². The third-order valence-corrected chi connectivity index (χ3v) is 3.42. The zero-order chi connectivity index (χ0) is 10.1. The van der Waals surface area contributed by atoms with E-state index in [4.69, 9.17) is 0 Å². The molecule has 4 nitrogen and oxygen atoms in total. The van der Waals surface area contributed by atoms with Crippen LogP contribution in [0.4, 0.5) is 5.82 Å². The normalized spacial score (nSPS) is 16.3. The monoisotopic (exact) mass is 220 g/mol. The molecule has 3 rings (SSSR count). The fourth-order valence-corrected chi connectivity index (χ4v) is 2.17. The standard InChI is InChI=1S/C10H12N4S/c1-2-8(3-1)12-9-4-6-14(13-9)10-11-5-7-15-10/h4-8H,1-3H2,(H,12,13). The maximum Gasteiger partial charge on any atom is 0.210 e. The molecule has 0 amide bonds. The first-order chi connectivity index (χ1) is 7.42. The van der Waals surface area contributed by atoms with E-state index in [0.717, 1.165) is 10.9 Å². The summed E-state index contributed by atoms with van der Waals surface area (Å²) in [7, 11) is 0. The summed E-state index contributed by atoms with van der Waals surface area (Å²) in [5.74, 6) is 0.954. The lowest BCUT2D eigenvalue weighted by atomic mass is 9.93. The minimum atomic E-state index is 0.629. The van der Waals surface area contributed by atoms with Crippen molar-refractivity contribution < 1.29 is 0 Å². The Morgan fingerprint density at radius 2 is 2.40 bits per heavy atom. The Kier molecular flexibility index (Phi) is 2.17. The van der Waals surface area contributed by atoms with E-state index >= 15 is 0 Å². The number of hydrogen-bond donors (Lipinski definition) is 1. The Labute approximate surface area is 92.0 Å². The number of nitrogens with one attached hydrogen (secondary N) is 1. The molecule has 0 bridgehead atoms. The molecule has 15 heavy (non-hydrogen) atoms. The molecular formula is C10H12N4S. The van der Waals surface area contributed by atoms with Crippen molar-refractivity contribution in [3.63, 3.8) is 0 Å². The van der Waals surface area contributed by atoms with E-state index in [-0.39, 0.29) is 0 Å². The molecule has 1 fully saturated rings. The lowest BCUT2D eigenvalue weighted by Crippen LogP contribution is -2.27. The van der Waals surface area contributed by atoms with Crippen molar-refractivity contribution in [3.05, 3.63) is 23.8 Å². The fourth-order valence-electron chi connectivity index (χ4n) is 1.60. The van der Waals surface area contributed by atoms with E-state index in [1.807, 2.05) is 22.3 Å².